The Kier molecular flexibility index (Phi) is 4.29. The average molecular weight is 297 g/mol. The first kappa shape index (κ1) is 14.5. The first-order valence-electron chi connectivity index (χ1n) is 7.71. The molecule has 0 unspecified atom stereocenters. The van der Waals surface area contributed by atoms with Gasteiger partial charge in [0.15, 0.2) is 0 Å². The molecule has 22 heavy (non-hydrogen) atoms. The lowest BCUT2D eigenvalue weighted by Gasteiger charge is -2.25. The van der Waals surface area contributed by atoms with Crippen molar-refractivity contribution in [3.05, 3.63) is 30.0 Å². The summed E-state index contributed by atoms with van der Waals surface area (Å²) in [4.78, 5) is 6.46. The minimum Gasteiger partial charge on any atom is -0.494 e. The van der Waals surface area contributed by atoms with E-state index in [1.54, 1.807) is 0 Å². The molecule has 0 radical (unpaired) electrons. The van der Waals surface area contributed by atoms with Crippen molar-refractivity contribution < 1.29 is 9.15 Å². The first-order chi connectivity index (χ1) is 10.8. The van der Waals surface area contributed by atoms with Crippen molar-refractivity contribution in [3.63, 3.8) is 0 Å². The quantitative estimate of drug-likeness (QED) is 0.862. The molecule has 1 aliphatic rings. The van der Waals surface area contributed by atoms with Crippen LogP contribution in [0, 0.1) is 11.3 Å². The molecular formula is C17H19N3O2. The summed E-state index contributed by atoms with van der Waals surface area (Å²) < 4.78 is 11.3. The maximum Gasteiger partial charge on any atom is 0.235 e. The van der Waals surface area contributed by atoms with Crippen LogP contribution in [-0.4, -0.2) is 24.7 Å². The van der Waals surface area contributed by atoms with Crippen LogP contribution in [0.15, 0.2) is 28.7 Å². The number of aromatic nitrogens is 1. The van der Waals surface area contributed by atoms with Gasteiger partial charge < -0.3 is 14.1 Å². The van der Waals surface area contributed by atoms with Gasteiger partial charge in [0, 0.05) is 18.7 Å². The van der Waals surface area contributed by atoms with Crippen LogP contribution in [-0.2, 0) is 0 Å². The van der Waals surface area contributed by atoms with Gasteiger partial charge in [0.05, 0.1) is 6.61 Å². The second kappa shape index (κ2) is 6.52. The Morgan fingerprint density at radius 1 is 1.23 bits per heavy atom. The SMILES string of the molecule is CCOc1ccc(-c2nc(C#N)c(N3CCCCC3)o2)cc1. The number of nitriles is 1. The van der Waals surface area contributed by atoms with E-state index in [9.17, 15) is 5.26 Å². The molecule has 5 nitrogen and oxygen atoms in total. The zero-order valence-corrected chi connectivity index (χ0v) is 12.7. The van der Waals surface area contributed by atoms with Gasteiger partial charge >= 0.3 is 0 Å². The van der Waals surface area contributed by atoms with Crippen molar-refractivity contribution in [2.75, 3.05) is 24.6 Å². The number of hydrogen-bond acceptors (Lipinski definition) is 5. The zero-order valence-electron chi connectivity index (χ0n) is 12.7. The predicted octanol–water partition coefficient (Wildman–Crippen LogP) is 3.60. The minimum absolute atomic E-state index is 0.366. The van der Waals surface area contributed by atoms with Gasteiger partial charge in [0.1, 0.15) is 11.8 Å². The molecule has 1 saturated heterocycles. The molecule has 0 bridgehead atoms. The van der Waals surface area contributed by atoms with Crippen LogP contribution in [0.25, 0.3) is 11.5 Å². The van der Waals surface area contributed by atoms with Crippen LogP contribution in [0.3, 0.4) is 0 Å². The van der Waals surface area contributed by atoms with Crippen molar-refractivity contribution in [2.45, 2.75) is 26.2 Å². The number of piperidine rings is 1. The minimum atomic E-state index is 0.366. The molecule has 5 heteroatoms. The van der Waals surface area contributed by atoms with Crippen LogP contribution in [0.4, 0.5) is 5.88 Å². The fourth-order valence-corrected chi connectivity index (χ4v) is 2.68. The maximum atomic E-state index is 9.30. The van der Waals surface area contributed by atoms with Gasteiger partial charge in [-0.1, -0.05) is 0 Å². The summed E-state index contributed by atoms with van der Waals surface area (Å²) >= 11 is 0. The topological polar surface area (TPSA) is 62.3 Å². The van der Waals surface area contributed by atoms with Crippen LogP contribution in [0.5, 0.6) is 5.75 Å². The highest BCUT2D eigenvalue weighted by atomic mass is 16.5. The number of anilines is 1. The Morgan fingerprint density at radius 3 is 2.59 bits per heavy atom. The number of nitrogens with zero attached hydrogens (tertiary/aromatic N) is 3. The third kappa shape index (κ3) is 2.91. The lowest BCUT2D eigenvalue weighted by Crippen LogP contribution is -2.29. The second-order valence-corrected chi connectivity index (χ2v) is 5.29. The van der Waals surface area contributed by atoms with E-state index in [2.05, 4.69) is 16.0 Å². The molecule has 2 heterocycles. The Bertz CT molecular complexity index is 664. The smallest absolute Gasteiger partial charge is 0.235 e. The largest absolute Gasteiger partial charge is 0.494 e. The highest BCUT2D eigenvalue weighted by Gasteiger charge is 2.21. The normalized spacial score (nSPS) is 14.6. The Labute approximate surface area is 130 Å². The molecule has 114 valence electrons. The standard InChI is InChI=1S/C17H19N3O2/c1-2-21-14-8-6-13(7-9-14)16-19-15(12-18)17(22-16)20-10-4-3-5-11-20/h6-9H,2-5,10-11H2,1H3. The van der Waals surface area contributed by atoms with Crippen LogP contribution < -0.4 is 9.64 Å². The summed E-state index contributed by atoms with van der Waals surface area (Å²) in [5, 5.41) is 9.30. The van der Waals surface area contributed by atoms with E-state index >= 15 is 0 Å². The summed E-state index contributed by atoms with van der Waals surface area (Å²) in [5.74, 6) is 1.90. The Morgan fingerprint density at radius 2 is 1.95 bits per heavy atom. The Hall–Kier alpha value is -2.48. The van der Waals surface area contributed by atoms with E-state index in [0.29, 0.717) is 24.1 Å². The first-order valence-corrected chi connectivity index (χ1v) is 7.71. The lowest BCUT2D eigenvalue weighted by molar-refractivity contribution is 0.340. The molecule has 0 amide bonds. The molecule has 0 N–H and O–H groups in total. The van der Waals surface area contributed by atoms with Gasteiger partial charge in [-0.05, 0) is 50.5 Å². The van der Waals surface area contributed by atoms with Gasteiger partial charge in [0.2, 0.25) is 17.5 Å². The third-order valence-corrected chi connectivity index (χ3v) is 3.77. The van der Waals surface area contributed by atoms with Gasteiger partial charge in [-0.3, -0.25) is 0 Å². The van der Waals surface area contributed by atoms with Crippen molar-refractivity contribution in [1.82, 2.24) is 4.98 Å². The van der Waals surface area contributed by atoms with Gasteiger partial charge in [0.25, 0.3) is 0 Å². The molecule has 1 aliphatic heterocycles. The molecule has 1 aromatic carbocycles. The lowest BCUT2D eigenvalue weighted by atomic mass is 10.1. The van der Waals surface area contributed by atoms with Crippen molar-refractivity contribution in [3.8, 4) is 23.3 Å². The van der Waals surface area contributed by atoms with Gasteiger partial charge in [-0.2, -0.15) is 10.2 Å². The molecule has 0 spiro atoms. The van der Waals surface area contributed by atoms with E-state index in [-0.39, 0.29) is 0 Å². The van der Waals surface area contributed by atoms with E-state index in [1.807, 2.05) is 31.2 Å². The highest BCUT2D eigenvalue weighted by molar-refractivity contribution is 5.60. The summed E-state index contributed by atoms with van der Waals surface area (Å²) in [6, 6.07) is 9.71. The fraction of sp³-hybridized carbons (Fsp3) is 0.412. The predicted molar refractivity (Wildman–Crippen MR) is 83.9 cm³/mol. The Balaban J connectivity index is 1.88. The highest BCUT2D eigenvalue weighted by Crippen LogP contribution is 2.30. The number of ether oxygens (including phenoxy) is 1. The average Bonchev–Trinajstić information content (AvgIpc) is 3.01. The number of benzene rings is 1. The number of rotatable bonds is 4. The van der Waals surface area contributed by atoms with Crippen molar-refractivity contribution in [2.24, 2.45) is 0 Å². The molecular weight excluding hydrogens is 278 g/mol. The molecule has 0 aliphatic carbocycles. The molecule has 0 atom stereocenters. The second-order valence-electron chi connectivity index (χ2n) is 5.29. The summed E-state index contributed by atoms with van der Waals surface area (Å²) in [6.45, 7) is 4.43. The monoisotopic (exact) mass is 297 g/mol. The molecule has 3 rings (SSSR count). The van der Waals surface area contributed by atoms with Gasteiger partial charge in [-0.25, -0.2) is 0 Å². The summed E-state index contributed by atoms with van der Waals surface area (Å²) in [5.41, 5.74) is 1.22. The summed E-state index contributed by atoms with van der Waals surface area (Å²) in [6.07, 6.45) is 3.49. The zero-order chi connectivity index (χ0) is 15.4. The third-order valence-electron chi connectivity index (χ3n) is 3.77. The maximum absolute atomic E-state index is 9.30. The van der Waals surface area contributed by atoms with Crippen molar-refractivity contribution >= 4 is 5.88 Å². The molecule has 1 fully saturated rings. The van der Waals surface area contributed by atoms with Crippen LogP contribution in [0.2, 0.25) is 0 Å². The molecule has 2 aromatic rings. The number of hydrogen-bond donors (Lipinski definition) is 0. The van der Waals surface area contributed by atoms with E-state index in [1.165, 1.54) is 6.42 Å². The summed E-state index contributed by atoms with van der Waals surface area (Å²) in [7, 11) is 0. The number of oxazole rings is 1. The van der Waals surface area contributed by atoms with Gasteiger partial charge in [-0.15, -0.1) is 0 Å². The molecule has 1 aromatic heterocycles. The van der Waals surface area contributed by atoms with E-state index in [0.717, 1.165) is 37.2 Å². The molecule has 0 saturated carbocycles. The van der Waals surface area contributed by atoms with E-state index < -0.39 is 0 Å². The van der Waals surface area contributed by atoms with Crippen LogP contribution >= 0.6 is 0 Å². The van der Waals surface area contributed by atoms with E-state index in [4.69, 9.17) is 9.15 Å². The van der Waals surface area contributed by atoms with Crippen molar-refractivity contribution in [1.29, 1.82) is 5.26 Å². The fourth-order valence-electron chi connectivity index (χ4n) is 2.68. The van der Waals surface area contributed by atoms with Crippen LogP contribution in [0.1, 0.15) is 31.9 Å².